The summed E-state index contributed by atoms with van der Waals surface area (Å²) in [6, 6.07) is 10.9. The van der Waals surface area contributed by atoms with Crippen LogP contribution in [-0.4, -0.2) is 26.3 Å². The van der Waals surface area contributed by atoms with Gasteiger partial charge in [0.25, 0.3) is 0 Å². The number of carbonyl (C=O) groups is 1. The number of aromatic nitrogens is 3. The number of halogens is 3. The summed E-state index contributed by atoms with van der Waals surface area (Å²) >= 11 is 13.2. The Hall–Kier alpha value is -2.35. The van der Waals surface area contributed by atoms with Crippen molar-refractivity contribution in [1.82, 2.24) is 15.2 Å². The molecule has 2 N–H and O–H groups in total. The van der Waals surface area contributed by atoms with Gasteiger partial charge in [-0.05, 0) is 48.9 Å². The molecule has 9 heteroatoms. The molecule has 2 aromatic carbocycles. The molecule has 0 bridgehead atoms. The maximum Gasteiger partial charge on any atom is 0.237 e. The topological polar surface area (TPSA) is 70.7 Å². The first-order valence-electron chi connectivity index (χ1n) is 8.19. The van der Waals surface area contributed by atoms with Crippen LogP contribution in [0.25, 0.3) is 12.2 Å². The first-order chi connectivity index (χ1) is 13.4. The fourth-order valence-electron chi connectivity index (χ4n) is 2.17. The second kappa shape index (κ2) is 9.23. The SMILES string of the molecule is CC(Sc1n[nH]c(/C=C/c2ccc(F)cc2)n1)C(=O)Nc1cc(Cl)ccc1Cl. The first kappa shape index (κ1) is 20.4. The van der Waals surface area contributed by atoms with Gasteiger partial charge < -0.3 is 5.32 Å². The second-order valence-corrected chi connectivity index (χ2v) is 7.91. The van der Waals surface area contributed by atoms with Gasteiger partial charge in [-0.3, -0.25) is 9.89 Å². The molecule has 28 heavy (non-hydrogen) atoms. The van der Waals surface area contributed by atoms with Crippen molar-refractivity contribution in [3.8, 4) is 0 Å². The Morgan fingerprint density at radius 3 is 2.71 bits per heavy atom. The fourth-order valence-corrected chi connectivity index (χ4v) is 3.24. The van der Waals surface area contributed by atoms with E-state index in [1.807, 2.05) is 0 Å². The fraction of sp³-hybridized carbons (Fsp3) is 0.105. The van der Waals surface area contributed by atoms with Crippen molar-refractivity contribution < 1.29 is 9.18 Å². The first-order valence-corrected chi connectivity index (χ1v) is 9.83. The Bertz CT molecular complexity index is 1010. The van der Waals surface area contributed by atoms with Gasteiger partial charge in [0.1, 0.15) is 11.6 Å². The number of anilines is 1. The highest BCUT2D eigenvalue weighted by molar-refractivity contribution is 8.00. The van der Waals surface area contributed by atoms with E-state index < -0.39 is 5.25 Å². The minimum Gasteiger partial charge on any atom is -0.324 e. The Morgan fingerprint density at radius 1 is 1.21 bits per heavy atom. The highest BCUT2D eigenvalue weighted by Crippen LogP contribution is 2.27. The monoisotopic (exact) mass is 436 g/mol. The van der Waals surface area contributed by atoms with E-state index in [4.69, 9.17) is 23.2 Å². The summed E-state index contributed by atoms with van der Waals surface area (Å²) in [5.74, 6) is -0.0125. The molecule has 0 saturated heterocycles. The average molecular weight is 437 g/mol. The number of aromatic amines is 1. The van der Waals surface area contributed by atoms with Crippen LogP contribution >= 0.6 is 35.0 Å². The quantitative estimate of drug-likeness (QED) is 0.497. The van der Waals surface area contributed by atoms with Crippen molar-refractivity contribution in [2.45, 2.75) is 17.3 Å². The normalized spacial score (nSPS) is 12.3. The van der Waals surface area contributed by atoms with Gasteiger partial charge in [0.2, 0.25) is 11.1 Å². The van der Waals surface area contributed by atoms with Crippen LogP contribution in [0.3, 0.4) is 0 Å². The highest BCUT2D eigenvalue weighted by atomic mass is 35.5. The molecule has 3 aromatic rings. The number of thioether (sulfide) groups is 1. The van der Waals surface area contributed by atoms with Crippen molar-refractivity contribution in [2.75, 3.05) is 5.32 Å². The predicted molar refractivity (Wildman–Crippen MR) is 112 cm³/mol. The number of hydrogen-bond acceptors (Lipinski definition) is 4. The summed E-state index contributed by atoms with van der Waals surface area (Å²) in [5.41, 5.74) is 1.28. The lowest BCUT2D eigenvalue weighted by atomic mass is 10.2. The Balaban J connectivity index is 1.60. The lowest BCUT2D eigenvalue weighted by Crippen LogP contribution is -2.22. The number of nitrogens with one attached hydrogen (secondary N) is 2. The molecule has 1 heterocycles. The van der Waals surface area contributed by atoms with Crippen LogP contribution in [0.2, 0.25) is 10.0 Å². The van der Waals surface area contributed by atoms with Gasteiger partial charge in [-0.25, -0.2) is 9.37 Å². The molecule has 144 valence electrons. The zero-order valence-electron chi connectivity index (χ0n) is 14.6. The van der Waals surface area contributed by atoms with E-state index in [2.05, 4.69) is 20.5 Å². The molecular weight excluding hydrogens is 422 g/mol. The maximum absolute atomic E-state index is 12.9. The van der Waals surface area contributed by atoms with Crippen LogP contribution in [0.1, 0.15) is 18.3 Å². The predicted octanol–water partition coefficient (Wildman–Crippen LogP) is 5.54. The van der Waals surface area contributed by atoms with E-state index >= 15 is 0 Å². The van der Waals surface area contributed by atoms with E-state index in [0.29, 0.717) is 26.7 Å². The van der Waals surface area contributed by atoms with Crippen molar-refractivity contribution >= 4 is 58.7 Å². The molecule has 1 atom stereocenters. The molecule has 0 aliphatic heterocycles. The highest BCUT2D eigenvalue weighted by Gasteiger charge is 2.18. The van der Waals surface area contributed by atoms with E-state index in [1.165, 1.54) is 23.9 Å². The number of amides is 1. The van der Waals surface area contributed by atoms with Crippen LogP contribution in [0.15, 0.2) is 47.6 Å². The molecule has 1 unspecified atom stereocenters. The molecule has 0 radical (unpaired) electrons. The third-order valence-electron chi connectivity index (χ3n) is 3.62. The number of nitrogens with zero attached hydrogens (tertiary/aromatic N) is 2. The van der Waals surface area contributed by atoms with Gasteiger partial charge in [0.05, 0.1) is 16.0 Å². The molecule has 0 fully saturated rings. The van der Waals surface area contributed by atoms with E-state index in [0.717, 1.165) is 5.56 Å². The van der Waals surface area contributed by atoms with Crippen LogP contribution in [0.4, 0.5) is 10.1 Å². The molecule has 0 aliphatic rings. The molecule has 1 amide bonds. The lowest BCUT2D eigenvalue weighted by Gasteiger charge is -2.11. The summed E-state index contributed by atoms with van der Waals surface area (Å²) in [4.78, 5) is 16.7. The standard InChI is InChI=1S/C19H15Cl2FN4OS/c1-11(18(27)23-16-10-13(20)5-8-15(16)21)28-19-24-17(25-26-19)9-4-12-2-6-14(22)7-3-12/h2-11H,1H3,(H,23,27)(H,24,25,26)/b9-4+. The largest absolute Gasteiger partial charge is 0.324 e. The molecule has 3 rings (SSSR count). The van der Waals surface area contributed by atoms with Gasteiger partial charge in [-0.2, -0.15) is 0 Å². The number of H-pyrrole nitrogens is 1. The van der Waals surface area contributed by atoms with Crippen LogP contribution in [0.5, 0.6) is 0 Å². The summed E-state index contributed by atoms with van der Waals surface area (Å²) in [5, 5.41) is 10.5. The zero-order valence-corrected chi connectivity index (χ0v) is 16.9. The second-order valence-electron chi connectivity index (χ2n) is 5.76. The number of carbonyl (C=O) groups excluding carboxylic acids is 1. The Kier molecular flexibility index (Phi) is 6.72. The van der Waals surface area contributed by atoms with Gasteiger partial charge in [-0.15, -0.1) is 5.10 Å². The van der Waals surface area contributed by atoms with Crippen molar-refractivity contribution in [2.24, 2.45) is 0 Å². The van der Waals surface area contributed by atoms with Gasteiger partial charge in [0, 0.05) is 5.02 Å². The van der Waals surface area contributed by atoms with Gasteiger partial charge in [0.15, 0.2) is 0 Å². The van der Waals surface area contributed by atoms with Gasteiger partial charge >= 0.3 is 0 Å². The Morgan fingerprint density at radius 2 is 1.96 bits per heavy atom. The number of hydrogen-bond donors (Lipinski definition) is 2. The van der Waals surface area contributed by atoms with Crippen LogP contribution < -0.4 is 5.32 Å². The summed E-state index contributed by atoms with van der Waals surface area (Å²) in [7, 11) is 0. The molecule has 0 spiro atoms. The van der Waals surface area contributed by atoms with Crippen LogP contribution in [0, 0.1) is 5.82 Å². The minimum atomic E-state index is -0.459. The molecular formula is C19H15Cl2FN4OS. The minimum absolute atomic E-state index is 0.248. The molecule has 5 nitrogen and oxygen atoms in total. The molecule has 1 aromatic heterocycles. The van der Waals surface area contributed by atoms with Crippen molar-refractivity contribution in [3.63, 3.8) is 0 Å². The molecule has 0 aliphatic carbocycles. The summed E-state index contributed by atoms with van der Waals surface area (Å²) in [6.07, 6.45) is 3.51. The van der Waals surface area contributed by atoms with Crippen molar-refractivity contribution in [1.29, 1.82) is 0 Å². The number of benzene rings is 2. The Labute approximate surface area is 175 Å². The average Bonchev–Trinajstić information content (AvgIpc) is 3.11. The third kappa shape index (κ3) is 5.58. The van der Waals surface area contributed by atoms with Crippen LogP contribution in [-0.2, 0) is 4.79 Å². The number of rotatable bonds is 6. The van der Waals surface area contributed by atoms with Gasteiger partial charge in [-0.1, -0.05) is 53.2 Å². The van der Waals surface area contributed by atoms with E-state index in [-0.39, 0.29) is 11.7 Å². The third-order valence-corrected chi connectivity index (χ3v) is 5.15. The smallest absolute Gasteiger partial charge is 0.237 e. The summed E-state index contributed by atoms with van der Waals surface area (Å²) < 4.78 is 12.9. The van der Waals surface area contributed by atoms with Crippen molar-refractivity contribution in [3.05, 3.63) is 69.7 Å². The molecule has 0 saturated carbocycles. The van der Waals surface area contributed by atoms with E-state index in [9.17, 15) is 9.18 Å². The van der Waals surface area contributed by atoms with E-state index in [1.54, 1.807) is 49.4 Å². The maximum atomic E-state index is 12.9. The summed E-state index contributed by atoms with van der Waals surface area (Å²) in [6.45, 7) is 1.74. The zero-order chi connectivity index (χ0) is 20.1. The lowest BCUT2D eigenvalue weighted by molar-refractivity contribution is -0.115.